The Balaban J connectivity index is 1.72. The van der Waals surface area contributed by atoms with E-state index in [4.69, 9.17) is 0 Å². The second-order valence-corrected chi connectivity index (χ2v) is 10.2. The molecule has 2 aromatic carbocycles. The quantitative estimate of drug-likeness (QED) is 0.814. The number of hydrogen-bond donors (Lipinski definition) is 1. The summed E-state index contributed by atoms with van der Waals surface area (Å²) in [6.45, 7) is 3.91. The fourth-order valence-electron chi connectivity index (χ4n) is 3.83. The van der Waals surface area contributed by atoms with Gasteiger partial charge in [0.1, 0.15) is 0 Å². The lowest BCUT2D eigenvalue weighted by Crippen LogP contribution is -2.39. The maximum Gasteiger partial charge on any atom is 0.251 e. The molecule has 1 aliphatic rings. The van der Waals surface area contributed by atoms with Gasteiger partial charge in [-0.25, -0.2) is 8.42 Å². The van der Waals surface area contributed by atoms with E-state index in [2.05, 4.69) is 17.4 Å². The van der Waals surface area contributed by atoms with Crippen molar-refractivity contribution in [2.45, 2.75) is 55.1 Å². The minimum absolute atomic E-state index is 0.00214. The molecule has 0 atom stereocenters. The SMILES string of the molecule is CC(C)S(=O)(=O)c1ccc(C(=O)NCC2(c3ccccc3)CCCC2)cc1. The van der Waals surface area contributed by atoms with E-state index in [1.807, 2.05) is 18.2 Å². The van der Waals surface area contributed by atoms with Crippen molar-refractivity contribution in [3.63, 3.8) is 0 Å². The summed E-state index contributed by atoms with van der Waals surface area (Å²) in [4.78, 5) is 12.9. The van der Waals surface area contributed by atoms with Gasteiger partial charge in [-0.1, -0.05) is 43.2 Å². The molecule has 0 spiro atoms. The van der Waals surface area contributed by atoms with E-state index >= 15 is 0 Å². The predicted octanol–water partition coefficient (Wildman–Crippen LogP) is 4.11. The number of nitrogens with one attached hydrogen (secondary N) is 1. The van der Waals surface area contributed by atoms with Gasteiger partial charge >= 0.3 is 0 Å². The molecule has 27 heavy (non-hydrogen) atoms. The molecular weight excluding hydrogens is 358 g/mol. The van der Waals surface area contributed by atoms with Crippen molar-refractivity contribution in [1.29, 1.82) is 0 Å². The van der Waals surface area contributed by atoms with E-state index in [0.717, 1.165) is 12.8 Å². The molecule has 0 bridgehead atoms. The number of carbonyl (C=O) groups excluding carboxylic acids is 1. The van der Waals surface area contributed by atoms with Gasteiger partial charge in [0.25, 0.3) is 5.91 Å². The molecular formula is C22H27NO3S. The van der Waals surface area contributed by atoms with E-state index in [9.17, 15) is 13.2 Å². The zero-order valence-corrected chi connectivity index (χ0v) is 16.8. The number of benzene rings is 2. The molecule has 1 aliphatic carbocycles. The Morgan fingerprint density at radius 1 is 1.00 bits per heavy atom. The highest BCUT2D eigenvalue weighted by Gasteiger charge is 2.35. The molecule has 0 unspecified atom stereocenters. The van der Waals surface area contributed by atoms with Crippen LogP contribution in [0, 0.1) is 0 Å². The Morgan fingerprint density at radius 3 is 2.15 bits per heavy atom. The van der Waals surface area contributed by atoms with Gasteiger partial charge in [-0.2, -0.15) is 0 Å². The number of carbonyl (C=O) groups is 1. The molecule has 144 valence electrons. The molecule has 1 fully saturated rings. The van der Waals surface area contributed by atoms with Crippen molar-refractivity contribution in [2.24, 2.45) is 0 Å². The van der Waals surface area contributed by atoms with E-state index in [-0.39, 0.29) is 16.2 Å². The van der Waals surface area contributed by atoms with Crippen molar-refractivity contribution in [1.82, 2.24) is 5.32 Å². The standard InChI is InChI=1S/C22H27NO3S/c1-17(2)27(25,26)20-12-10-18(11-13-20)21(24)23-16-22(14-6-7-15-22)19-8-4-3-5-9-19/h3-5,8-13,17H,6-7,14-16H2,1-2H3,(H,23,24). The minimum atomic E-state index is -3.32. The van der Waals surface area contributed by atoms with Gasteiger partial charge in [0.15, 0.2) is 9.84 Å². The first kappa shape index (κ1) is 19.6. The summed E-state index contributed by atoms with van der Waals surface area (Å²) >= 11 is 0. The van der Waals surface area contributed by atoms with Crippen molar-refractivity contribution in [3.05, 3.63) is 65.7 Å². The molecule has 0 radical (unpaired) electrons. The third kappa shape index (κ3) is 4.08. The number of sulfone groups is 1. The second kappa shape index (κ2) is 7.85. The van der Waals surface area contributed by atoms with Gasteiger partial charge in [-0.15, -0.1) is 0 Å². The third-order valence-electron chi connectivity index (χ3n) is 5.60. The molecule has 2 aromatic rings. The average molecular weight is 386 g/mol. The second-order valence-electron chi connectivity index (χ2n) is 7.65. The molecule has 1 amide bonds. The first-order valence-corrected chi connectivity index (χ1v) is 11.1. The summed E-state index contributed by atoms with van der Waals surface area (Å²) < 4.78 is 24.4. The summed E-state index contributed by atoms with van der Waals surface area (Å²) in [5, 5.41) is 2.59. The van der Waals surface area contributed by atoms with E-state index < -0.39 is 15.1 Å². The molecule has 3 rings (SSSR count). The van der Waals surface area contributed by atoms with E-state index in [0.29, 0.717) is 12.1 Å². The maximum absolute atomic E-state index is 12.6. The van der Waals surface area contributed by atoms with Gasteiger partial charge < -0.3 is 5.32 Å². The molecule has 0 saturated heterocycles. The Morgan fingerprint density at radius 2 is 1.59 bits per heavy atom. The topological polar surface area (TPSA) is 63.2 Å². The van der Waals surface area contributed by atoms with Gasteiger partial charge in [-0.3, -0.25) is 4.79 Å². The maximum atomic E-state index is 12.6. The van der Waals surface area contributed by atoms with Crippen LogP contribution < -0.4 is 5.32 Å². The smallest absolute Gasteiger partial charge is 0.251 e. The van der Waals surface area contributed by atoms with Crippen molar-refractivity contribution in [2.75, 3.05) is 6.54 Å². The lowest BCUT2D eigenvalue weighted by molar-refractivity contribution is 0.0943. The Hall–Kier alpha value is -2.14. The van der Waals surface area contributed by atoms with Gasteiger partial charge in [0, 0.05) is 17.5 Å². The largest absolute Gasteiger partial charge is 0.351 e. The van der Waals surface area contributed by atoms with Crippen LogP contribution in [0.1, 0.15) is 55.5 Å². The van der Waals surface area contributed by atoms with Crippen molar-refractivity contribution < 1.29 is 13.2 Å². The zero-order valence-electron chi connectivity index (χ0n) is 15.9. The summed E-state index contributed by atoms with van der Waals surface area (Å²) in [5.74, 6) is -0.161. The number of rotatable bonds is 6. The van der Waals surface area contributed by atoms with Gasteiger partial charge in [0.2, 0.25) is 0 Å². The monoisotopic (exact) mass is 385 g/mol. The summed E-state index contributed by atoms with van der Waals surface area (Å²) in [6.07, 6.45) is 4.49. The Labute approximate surface area is 161 Å². The molecule has 5 heteroatoms. The highest BCUT2D eigenvalue weighted by Crippen LogP contribution is 2.40. The molecule has 1 N–H and O–H groups in total. The number of hydrogen-bond acceptors (Lipinski definition) is 3. The summed E-state index contributed by atoms with van der Waals surface area (Å²) in [5.41, 5.74) is 1.76. The van der Waals surface area contributed by atoms with Gasteiger partial charge in [0.05, 0.1) is 10.1 Å². The lowest BCUT2D eigenvalue weighted by Gasteiger charge is -2.30. The van der Waals surface area contributed by atoms with Crippen LogP contribution in [0.15, 0.2) is 59.5 Å². The van der Waals surface area contributed by atoms with Crippen LogP contribution in [0.2, 0.25) is 0 Å². The highest BCUT2D eigenvalue weighted by atomic mass is 32.2. The van der Waals surface area contributed by atoms with Crippen molar-refractivity contribution >= 4 is 15.7 Å². The summed E-state index contributed by atoms with van der Waals surface area (Å²) in [7, 11) is -3.32. The normalized spacial score (nSPS) is 16.4. The summed E-state index contributed by atoms with van der Waals surface area (Å²) in [6, 6.07) is 16.6. The lowest BCUT2D eigenvalue weighted by atomic mass is 9.79. The molecule has 4 nitrogen and oxygen atoms in total. The predicted molar refractivity (Wildman–Crippen MR) is 108 cm³/mol. The molecule has 0 aromatic heterocycles. The fraction of sp³-hybridized carbons (Fsp3) is 0.409. The minimum Gasteiger partial charge on any atom is -0.351 e. The third-order valence-corrected chi connectivity index (χ3v) is 7.77. The molecule has 0 heterocycles. The van der Waals surface area contributed by atoms with Gasteiger partial charge in [-0.05, 0) is 56.5 Å². The van der Waals surface area contributed by atoms with Crippen molar-refractivity contribution in [3.8, 4) is 0 Å². The van der Waals surface area contributed by atoms with Crippen LogP contribution in [0.5, 0.6) is 0 Å². The van der Waals surface area contributed by atoms with E-state index in [1.165, 1.54) is 30.5 Å². The Kier molecular flexibility index (Phi) is 5.70. The van der Waals surface area contributed by atoms with Crippen LogP contribution in [0.3, 0.4) is 0 Å². The average Bonchev–Trinajstić information content (AvgIpc) is 3.17. The highest BCUT2D eigenvalue weighted by molar-refractivity contribution is 7.92. The van der Waals surface area contributed by atoms with Crippen LogP contribution in [-0.4, -0.2) is 26.1 Å². The molecule has 1 saturated carbocycles. The first-order valence-electron chi connectivity index (χ1n) is 9.53. The fourth-order valence-corrected chi connectivity index (χ4v) is 4.89. The van der Waals surface area contributed by atoms with E-state index in [1.54, 1.807) is 26.0 Å². The number of amides is 1. The van der Waals surface area contributed by atoms with Crippen LogP contribution in [-0.2, 0) is 15.3 Å². The van der Waals surface area contributed by atoms with Crippen LogP contribution in [0.4, 0.5) is 0 Å². The Bertz CT molecular complexity index is 881. The zero-order chi connectivity index (χ0) is 19.5. The molecule has 0 aliphatic heterocycles. The first-order chi connectivity index (χ1) is 12.8. The van der Waals surface area contributed by atoms with Crippen LogP contribution >= 0.6 is 0 Å². The van der Waals surface area contributed by atoms with Crippen LogP contribution in [0.25, 0.3) is 0 Å².